The topological polar surface area (TPSA) is 106 Å². The molecule has 1 aliphatic heterocycles. The molecule has 4 rings (SSSR count). The van der Waals surface area contributed by atoms with Crippen LogP contribution in [0.2, 0.25) is 0 Å². The summed E-state index contributed by atoms with van der Waals surface area (Å²) in [6.45, 7) is 3.90. The minimum absolute atomic E-state index is 0.0200. The molecule has 1 atom stereocenters. The molecule has 0 aliphatic carbocycles. The van der Waals surface area contributed by atoms with Gasteiger partial charge in [-0.25, -0.2) is 4.79 Å². The summed E-state index contributed by atoms with van der Waals surface area (Å²) in [7, 11) is 0. The van der Waals surface area contributed by atoms with Crippen LogP contribution in [0.1, 0.15) is 42.4 Å². The van der Waals surface area contributed by atoms with Crippen molar-refractivity contribution >= 4 is 29.8 Å². The Kier molecular flexibility index (Phi) is 10.0. The number of hydrogen-bond acceptors (Lipinski definition) is 6. The summed E-state index contributed by atoms with van der Waals surface area (Å²) >= 11 is 0. The summed E-state index contributed by atoms with van der Waals surface area (Å²) in [5.74, 6) is 0.228. The van der Waals surface area contributed by atoms with Crippen LogP contribution in [-0.2, 0) is 9.59 Å². The fourth-order valence-electron chi connectivity index (χ4n) is 4.37. The zero-order chi connectivity index (χ0) is 28.3. The summed E-state index contributed by atoms with van der Waals surface area (Å²) in [5, 5.41) is 18.6. The number of unbranched alkanes of at least 4 members (excludes halogenated alkanes) is 1. The van der Waals surface area contributed by atoms with Crippen LogP contribution < -0.4 is 19.1 Å². The molecule has 3 aromatic rings. The zero-order valence-corrected chi connectivity index (χ0v) is 22.6. The third-order valence-corrected chi connectivity index (χ3v) is 6.54. The lowest BCUT2D eigenvalue weighted by molar-refractivity contribution is -0.145. The van der Waals surface area contributed by atoms with Crippen molar-refractivity contribution in [3.05, 3.63) is 83.4 Å². The number of aryl methyl sites for hydroxylation is 1. The third kappa shape index (κ3) is 8.27. The second-order valence-electron chi connectivity index (χ2n) is 9.70. The number of nitrogens with zero attached hydrogens (tertiary/aromatic N) is 1. The fraction of sp³-hybridized carbons (Fsp3) is 0.312. The Hall–Kier alpha value is -4.46. The molecule has 1 aliphatic rings. The van der Waals surface area contributed by atoms with Gasteiger partial charge < -0.3 is 29.3 Å². The average Bonchev–Trinajstić information content (AvgIpc) is 2.95. The normalized spacial score (nSPS) is 14.4. The standard InChI is InChI=1S/C32H35NO7/c1-23-9-15-26(16-10-23)38-20-2-3-21-39-27-17-12-24(13-18-27)11-14-25-6-4-7-28-31(25)40-29(32(36)37)22-33(28)19-5-8-30(34)35/h4,6-7,9-18,29H,2-3,5,8,19-22H2,1H3,(H,34,35)(H,36,37). The van der Waals surface area contributed by atoms with E-state index < -0.39 is 18.0 Å². The number of carboxylic acids is 2. The van der Waals surface area contributed by atoms with Gasteiger partial charge in [-0.3, -0.25) is 4.79 Å². The molecule has 1 unspecified atom stereocenters. The van der Waals surface area contributed by atoms with Crippen molar-refractivity contribution in [2.45, 2.75) is 38.7 Å². The Bertz CT molecular complexity index is 1300. The number of anilines is 1. The highest BCUT2D eigenvalue weighted by atomic mass is 16.5. The average molecular weight is 546 g/mol. The number of carboxylic acid groups (broad SMARTS) is 2. The molecule has 40 heavy (non-hydrogen) atoms. The molecule has 2 N–H and O–H groups in total. The number of ether oxygens (including phenoxy) is 3. The molecule has 0 radical (unpaired) electrons. The second-order valence-corrected chi connectivity index (χ2v) is 9.70. The summed E-state index contributed by atoms with van der Waals surface area (Å²) in [5.41, 5.74) is 3.68. The molecule has 0 saturated heterocycles. The lowest BCUT2D eigenvalue weighted by atomic mass is 10.1. The van der Waals surface area contributed by atoms with E-state index in [4.69, 9.17) is 19.3 Å². The highest BCUT2D eigenvalue weighted by Crippen LogP contribution is 2.38. The summed E-state index contributed by atoms with van der Waals surface area (Å²) in [6.07, 6.45) is 5.02. The zero-order valence-electron chi connectivity index (χ0n) is 22.6. The van der Waals surface area contributed by atoms with Crippen molar-refractivity contribution in [3.63, 3.8) is 0 Å². The lowest BCUT2D eigenvalue weighted by Gasteiger charge is -2.35. The van der Waals surface area contributed by atoms with Gasteiger partial charge in [-0.1, -0.05) is 54.1 Å². The van der Waals surface area contributed by atoms with Crippen LogP contribution in [0.3, 0.4) is 0 Å². The van der Waals surface area contributed by atoms with Crippen molar-refractivity contribution in [2.75, 3.05) is 31.2 Å². The largest absolute Gasteiger partial charge is 0.494 e. The highest BCUT2D eigenvalue weighted by Gasteiger charge is 2.31. The van der Waals surface area contributed by atoms with Gasteiger partial charge in [0.1, 0.15) is 11.5 Å². The fourth-order valence-corrected chi connectivity index (χ4v) is 4.37. The number of hydrogen-bond donors (Lipinski definition) is 2. The maximum Gasteiger partial charge on any atom is 0.346 e. The number of para-hydroxylation sites is 1. The number of benzene rings is 3. The maximum absolute atomic E-state index is 11.7. The van der Waals surface area contributed by atoms with Crippen molar-refractivity contribution in [2.24, 2.45) is 0 Å². The molecule has 3 aromatic carbocycles. The molecule has 0 bridgehead atoms. The Balaban J connectivity index is 1.30. The predicted octanol–water partition coefficient (Wildman–Crippen LogP) is 5.92. The van der Waals surface area contributed by atoms with Gasteiger partial charge in [0.15, 0.2) is 5.75 Å². The summed E-state index contributed by atoms with van der Waals surface area (Å²) in [6, 6.07) is 21.4. The molecular formula is C32H35NO7. The van der Waals surface area contributed by atoms with E-state index in [9.17, 15) is 14.7 Å². The van der Waals surface area contributed by atoms with Gasteiger partial charge in [-0.2, -0.15) is 0 Å². The first-order valence-corrected chi connectivity index (χ1v) is 13.5. The minimum atomic E-state index is -1.05. The second kappa shape index (κ2) is 14.1. The van der Waals surface area contributed by atoms with Crippen LogP contribution in [0, 0.1) is 6.92 Å². The molecule has 0 fully saturated rings. The van der Waals surface area contributed by atoms with Gasteiger partial charge in [0.2, 0.25) is 6.10 Å². The first-order chi connectivity index (χ1) is 19.4. The van der Waals surface area contributed by atoms with E-state index >= 15 is 0 Å². The molecule has 210 valence electrons. The van der Waals surface area contributed by atoms with E-state index in [2.05, 4.69) is 6.92 Å². The van der Waals surface area contributed by atoms with Crippen LogP contribution in [0.4, 0.5) is 5.69 Å². The van der Waals surface area contributed by atoms with Crippen molar-refractivity contribution in [1.29, 1.82) is 0 Å². The number of rotatable bonds is 14. The van der Waals surface area contributed by atoms with E-state index in [0.717, 1.165) is 41.2 Å². The van der Waals surface area contributed by atoms with Gasteiger partial charge in [0.05, 0.1) is 25.4 Å². The third-order valence-electron chi connectivity index (χ3n) is 6.54. The van der Waals surface area contributed by atoms with E-state index in [0.29, 0.717) is 31.9 Å². The number of carbonyl (C=O) groups is 2. The smallest absolute Gasteiger partial charge is 0.346 e. The molecule has 0 amide bonds. The van der Waals surface area contributed by atoms with Crippen molar-refractivity contribution in [3.8, 4) is 17.2 Å². The van der Waals surface area contributed by atoms with E-state index in [1.54, 1.807) is 0 Å². The van der Waals surface area contributed by atoms with E-state index in [-0.39, 0.29) is 13.0 Å². The SMILES string of the molecule is Cc1ccc(OCCCCOc2ccc(C=Cc3cccc4c3OC(C(=O)O)CN4CCCC(=O)O)cc2)cc1. The Morgan fingerprint density at radius 1 is 0.900 bits per heavy atom. The Morgan fingerprint density at radius 3 is 2.17 bits per heavy atom. The van der Waals surface area contributed by atoms with Crippen LogP contribution in [0.5, 0.6) is 17.2 Å². The molecule has 0 saturated carbocycles. The Morgan fingerprint density at radius 2 is 1.55 bits per heavy atom. The lowest BCUT2D eigenvalue weighted by Crippen LogP contribution is -2.45. The van der Waals surface area contributed by atoms with Gasteiger partial charge in [0, 0.05) is 18.5 Å². The van der Waals surface area contributed by atoms with Crippen molar-refractivity contribution < 1.29 is 34.0 Å². The van der Waals surface area contributed by atoms with Crippen LogP contribution >= 0.6 is 0 Å². The number of aliphatic carboxylic acids is 2. The van der Waals surface area contributed by atoms with Gasteiger partial charge in [-0.05, 0) is 62.1 Å². The van der Waals surface area contributed by atoms with Crippen molar-refractivity contribution in [1.82, 2.24) is 0 Å². The van der Waals surface area contributed by atoms with Gasteiger partial charge in [0.25, 0.3) is 0 Å². The first-order valence-electron chi connectivity index (χ1n) is 13.5. The Labute approximate surface area is 234 Å². The maximum atomic E-state index is 11.7. The van der Waals surface area contributed by atoms with Crippen LogP contribution in [-0.4, -0.2) is 54.6 Å². The summed E-state index contributed by atoms with van der Waals surface area (Å²) < 4.78 is 17.5. The molecule has 8 heteroatoms. The number of fused-ring (bicyclic) bond motifs is 1. The van der Waals surface area contributed by atoms with Gasteiger partial charge >= 0.3 is 11.9 Å². The summed E-state index contributed by atoms with van der Waals surface area (Å²) in [4.78, 5) is 24.6. The molecular weight excluding hydrogens is 510 g/mol. The molecule has 8 nitrogen and oxygen atoms in total. The minimum Gasteiger partial charge on any atom is -0.494 e. The molecule has 0 spiro atoms. The van der Waals surface area contributed by atoms with E-state index in [1.807, 2.05) is 83.8 Å². The van der Waals surface area contributed by atoms with Crippen LogP contribution in [0.25, 0.3) is 12.2 Å². The van der Waals surface area contributed by atoms with E-state index in [1.165, 1.54) is 5.56 Å². The quantitative estimate of drug-likeness (QED) is 0.190. The molecule has 0 aromatic heterocycles. The first kappa shape index (κ1) is 28.5. The predicted molar refractivity (Wildman–Crippen MR) is 154 cm³/mol. The van der Waals surface area contributed by atoms with Crippen LogP contribution in [0.15, 0.2) is 66.7 Å². The molecule has 1 heterocycles. The van der Waals surface area contributed by atoms with Gasteiger partial charge in [-0.15, -0.1) is 0 Å². The highest BCUT2D eigenvalue weighted by molar-refractivity contribution is 5.81. The monoisotopic (exact) mass is 545 g/mol.